The highest BCUT2D eigenvalue weighted by Gasteiger charge is 2.19. The number of ether oxygens (including phenoxy) is 3. The molecule has 0 aliphatic heterocycles. The van der Waals surface area contributed by atoms with Crippen molar-refractivity contribution in [1.29, 1.82) is 0 Å². The number of allylic oxidation sites excluding steroid dienone is 26. The van der Waals surface area contributed by atoms with Crippen molar-refractivity contribution in [2.24, 2.45) is 0 Å². The van der Waals surface area contributed by atoms with Gasteiger partial charge in [-0.2, -0.15) is 0 Å². The molecule has 0 N–H and O–H groups in total. The smallest absolute Gasteiger partial charge is 0.306 e. The summed E-state index contributed by atoms with van der Waals surface area (Å²) in [5.41, 5.74) is 0. The zero-order chi connectivity index (χ0) is 55.7. The van der Waals surface area contributed by atoms with Gasteiger partial charge in [0, 0.05) is 19.3 Å². The van der Waals surface area contributed by atoms with E-state index >= 15 is 0 Å². The Morgan fingerprint density at radius 1 is 0.273 bits per heavy atom. The van der Waals surface area contributed by atoms with Crippen LogP contribution in [0.3, 0.4) is 0 Å². The highest BCUT2D eigenvalue weighted by molar-refractivity contribution is 5.71. The van der Waals surface area contributed by atoms with Crippen molar-refractivity contribution < 1.29 is 28.6 Å². The summed E-state index contributed by atoms with van der Waals surface area (Å²) in [5, 5.41) is 0. The van der Waals surface area contributed by atoms with E-state index in [1.54, 1.807) is 0 Å². The van der Waals surface area contributed by atoms with Gasteiger partial charge in [-0.25, -0.2) is 0 Å². The summed E-state index contributed by atoms with van der Waals surface area (Å²) < 4.78 is 16.8. The Morgan fingerprint density at radius 2 is 0.532 bits per heavy atom. The molecule has 0 saturated carbocycles. The quantitative estimate of drug-likeness (QED) is 0.0261. The van der Waals surface area contributed by atoms with E-state index in [2.05, 4.69) is 167 Å². The molecule has 1 unspecified atom stereocenters. The minimum absolute atomic E-state index is 0.117. The van der Waals surface area contributed by atoms with E-state index in [-0.39, 0.29) is 37.5 Å². The number of carbonyl (C=O) groups is 3. The second kappa shape index (κ2) is 63.6. The molecule has 0 heterocycles. The Morgan fingerprint density at radius 3 is 0.883 bits per heavy atom. The maximum absolute atomic E-state index is 12.9. The largest absolute Gasteiger partial charge is 0.462 e. The first-order valence-electron chi connectivity index (χ1n) is 31.0. The first kappa shape index (κ1) is 72.0. The molecule has 0 aromatic carbocycles. The third-order valence-corrected chi connectivity index (χ3v) is 12.5. The monoisotopic (exact) mass is 1060 g/mol. The lowest BCUT2D eigenvalue weighted by molar-refractivity contribution is -0.166. The van der Waals surface area contributed by atoms with Crippen LogP contribution in [-0.2, 0) is 28.6 Å². The van der Waals surface area contributed by atoms with Crippen molar-refractivity contribution >= 4 is 17.9 Å². The van der Waals surface area contributed by atoms with Gasteiger partial charge in [-0.05, 0) is 135 Å². The Kier molecular flexibility index (Phi) is 59.5. The normalized spacial score (nSPS) is 13.2. The van der Waals surface area contributed by atoms with Crippen LogP contribution in [0, 0.1) is 0 Å². The number of rotatable bonds is 54. The minimum atomic E-state index is -0.825. The second-order valence-corrected chi connectivity index (χ2v) is 19.8. The van der Waals surface area contributed by atoms with Gasteiger partial charge in [0.25, 0.3) is 0 Å². The van der Waals surface area contributed by atoms with Crippen LogP contribution in [0.1, 0.15) is 252 Å². The van der Waals surface area contributed by atoms with Gasteiger partial charge >= 0.3 is 17.9 Å². The lowest BCUT2D eigenvalue weighted by Gasteiger charge is -2.18. The van der Waals surface area contributed by atoms with Gasteiger partial charge in [0.2, 0.25) is 0 Å². The fourth-order valence-corrected chi connectivity index (χ4v) is 7.94. The third-order valence-electron chi connectivity index (χ3n) is 12.5. The minimum Gasteiger partial charge on any atom is -0.462 e. The Bertz CT molecular complexity index is 1740. The standard InChI is InChI=1S/C71H112O6/c1-4-7-10-13-16-19-22-25-27-28-29-30-31-32-33-34-35-36-37-38-39-40-41-42-44-46-49-52-55-58-61-64-70(73)76-67-68(66-75-69(72)63-60-57-54-51-48-45-24-21-18-15-12-9-6-3)77-71(74)65-62-59-56-53-50-47-43-26-23-20-17-14-11-8-5-2/h7,9-10,12,16,18-19,21,25-27,29-30,32-33,35-36,38-39,41-43,45,48,54,57,68H,4-6,8,11,13-15,17,20,22-24,28,31,34,37,40,44,46-47,49-53,55-56,58-67H2,1-3H3/b10-7-,12-9-,19-16-,21-18-,27-25-,30-29-,33-32-,36-35-,39-38-,42-41-,43-26-,48-45-,57-54-. The van der Waals surface area contributed by atoms with Crippen LogP contribution in [0.2, 0.25) is 0 Å². The summed E-state index contributed by atoms with van der Waals surface area (Å²) >= 11 is 0. The van der Waals surface area contributed by atoms with E-state index in [1.807, 2.05) is 12.2 Å². The van der Waals surface area contributed by atoms with Gasteiger partial charge in [-0.15, -0.1) is 0 Å². The molecule has 0 saturated heterocycles. The fraction of sp³-hybridized carbons (Fsp3) is 0.592. The van der Waals surface area contributed by atoms with Crippen molar-refractivity contribution in [2.45, 2.75) is 258 Å². The summed E-state index contributed by atoms with van der Waals surface area (Å²) in [7, 11) is 0. The second-order valence-electron chi connectivity index (χ2n) is 19.8. The molecule has 77 heavy (non-hydrogen) atoms. The predicted octanol–water partition coefficient (Wildman–Crippen LogP) is 21.3. The molecule has 0 aliphatic rings. The Hall–Kier alpha value is -4.97. The first-order valence-corrected chi connectivity index (χ1v) is 31.0. The molecular formula is C71H112O6. The van der Waals surface area contributed by atoms with Gasteiger partial charge in [-0.1, -0.05) is 256 Å². The van der Waals surface area contributed by atoms with Crippen LogP contribution >= 0.6 is 0 Å². The van der Waals surface area contributed by atoms with Gasteiger partial charge in [0.15, 0.2) is 6.10 Å². The van der Waals surface area contributed by atoms with Gasteiger partial charge in [0.05, 0.1) is 0 Å². The van der Waals surface area contributed by atoms with Crippen molar-refractivity contribution in [3.63, 3.8) is 0 Å². The number of hydrogen-bond donors (Lipinski definition) is 0. The molecule has 1 atom stereocenters. The molecule has 432 valence electrons. The van der Waals surface area contributed by atoms with E-state index < -0.39 is 6.10 Å². The molecule has 0 amide bonds. The van der Waals surface area contributed by atoms with E-state index in [4.69, 9.17) is 14.2 Å². The van der Waals surface area contributed by atoms with E-state index in [0.717, 1.165) is 141 Å². The van der Waals surface area contributed by atoms with Crippen LogP contribution in [0.25, 0.3) is 0 Å². The summed E-state index contributed by atoms with van der Waals surface area (Å²) in [6.07, 6.45) is 92.6. The number of esters is 3. The topological polar surface area (TPSA) is 78.9 Å². The molecule has 0 aromatic rings. The third kappa shape index (κ3) is 61.8. The van der Waals surface area contributed by atoms with Crippen molar-refractivity contribution in [3.05, 3.63) is 158 Å². The zero-order valence-corrected chi connectivity index (χ0v) is 49.4. The SMILES string of the molecule is CC/C=C\C/C=C\C/C=C\C/C=C\C/C=C\C/C=C\C/C=C\C/C=C\CCCCCCCCC(=O)OCC(COC(=O)CC/C=C\C/C=C\C/C=C\C/C=C\CC)OC(=O)CCCCCCC/C=C\CCCCCCCC. The van der Waals surface area contributed by atoms with E-state index in [0.29, 0.717) is 19.3 Å². The van der Waals surface area contributed by atoms with E-state index in [1.165, 1.54) is 64.2 Å². The van der Waals surface area contributed by atoms with E-state index in [9.17, 15) is 14.4 Å². The van der Waals surface area contributed by atoms with Crippen molar-refractivity contribution in [1.82, 2.24) is 0 Å². The highest BCUT2D eigenvalue weighted by atomic mass is 16.6. The predicted molar refractivity (Wildman–Crippen MR) is 334 cm³/mol. The summed E-state index contributed by atoms with van der Waals surface area (Å²) in [6.45, 7) is 6.31. The zero-order valence-electron chi connectivity index (χ0n) is 49.4. The molecule has 0 rings (SSSR count). The van der Waals surface area contributed by atoms with Gasteiger partial charge in [0.1, 0.15) is 13.2 Å². The van der Waals surface area contributed by atoms with Gasteiger partial charge in [-0.3, -0.25) is 14.4 Å². The highest BCUT2D eigenvalue weighted by Crippen LogP contribution is 2.13. The fourth-order valence-electron chi connectivity index (χ4n) is 7.94. The number of hydrogen-bond acceptors (Lipinski definition) is 6. The van der Waals surface area contributed by atoms with Crippen molar-refractivity contribution in [2.75, 3.05) is 13.2 Å². The molecule has 0 aliphatic carbocycles. The summed E-state index contributed by atoms with van der Waals surface area (Å²) in [4.78, 5) is 38.2. The molecule has 0 radical (unpaired) electrons. The molecule has 6 nitrogen and oxygen atoms in total. The molecule has 6 heteroatoms. The van der Waals surface area contributed by atoms with Crippen LogP contribution in [0.4, 0.5) is 0 Å². The Balaban J connectivity index is 4.38. The van der Waals surface area contributed by atoms with Crippen LogP contribution in [0.5, 0.6) is 0 Å². The molecular weight excluding hydrogens is 949 g/mol. The Labute approximate surface area is 473 Å². The van der Waals surface area contributed by atoms with Crippen molar-refractivity contribution in [3.8, 4) is 0 Å². The van der Waals surface area contributed by atoms with Crippen LogP contribution in [0.15, 0.2) is 158 Å². The summed E-state index contributed by atoms with van der Waals surface area (Å²) in [6, 6.07) is 0. The van der Waals surface area contributed by atoms with Crippen LogP contribution in [-0.4, -0.2) is 37.2 Å². The molecule has 0 bridgehead atoms. The average molecular weight is 1060 g/mol. The molecule has 0 aromatic heterocycles. The maximum atomic E-state index is 12.9. The van der Waals surface area contributed by atoms with Crippen LogP contribution < -0.4 is 0 Å². The summed E-state index contributed by atoms with van der Waals surface area (Å²) in [5.74, 6) is -1.03. The maximum Gasteiger partial charge on any atom is 0.306 e. The molecule has 0 spiro atoms. The average Bonchev–Trinajstić information content (AvgIpc) is 3.43. The number of unbranched alkanes of at least 4 members (excludes halogenated alkanes) is 17. The lowest BCUT2D eigenvalue weighted by atomic mass is 10.1. The van der Waals surface area contributed by atoms with Gasteiger partial charge < -0.3 is 14.2 Å². The molecule has 0 fully saturated rings. The lowest BCUT2D eigenvalue weighted by Crippen LogP contribution is -2.30. The first-order chi connectivity index (χ1) is 38.0. The number of carbonyl (C=O) groups excluding carboxylic acids is 3.